The topological polar surface area (TPSA) is 120 Å². The lowest BCUT2D eigenvalue weighted by Gasteiger charge is -2.24. The molecule has 2 aliphatic rings. The molecule has 1 unspecified atom stereocenters. The number of nitrogens with zero attached hydrogens (tertiary/aromatic N) is 3. The number of aliphatic hydroxyl groups is 1. The molecule has 3 aromatic carbocycles. The van der Waals surface area contributed by atoms with Gasteiger partial charge in [0.2, 0.25) is 5.13 Å². The smallest absolute Gasteiger partial charge is 0.301 e. The minimum atomic E-state index is -1.02. The lowest BCUT2D eigenvalue weighted by Crippen LogP contribution is -2.29. The van der Waals surface area contributed by atoms with Crippen molar-refractivity contribution < 1.29 is 33.6 Å². The van der Waals surface area contributed by atoms with Gasteiger partial charge in [-0.15, -0.1) is 10.2 Å². The fourth-order valence-electron chi connectivity index (χ4n) is 5.29. The van der Waals surface area contributed by atoms with Gasteiger partial charge in [-0.3, -0.25) is 14.5 Å². The Hall–Kier alpha value is -4.55. The van der Waals surface area contributed by atoms with Gasteiger partial charge in [0.15, 0.2) is 27.3 Å². The van der Waals surface area contributed by atoms with E-state index in [2.05, 4.69) is 41.4 Å². The Labute approximate surface area is 281 Å². The third-order valence-electron chi connectivity index (χ3n) is 7.68. The van der Waals surface area contributed by atoms with Crippen LogP contribution in [0.3, 0.4) is 0 Å². The van der Waals surface area contributed by atoms with Crippen molar-refractivity contribution in [3.8, 4) is 23.0 Å². The van der Waals surface area contributed by atoms with Gasteiger partial charge in [0.1, 0.15) is 19.0 Å². The Morgan fingerprint density at radius 1 is 0.979 bits per heavy atom. The molecule has 1 amide bonds. The molecular weight excluding hydrogens is 639 g/mol. The Bertz CT molecular complexity index is 1810. The minimum Gasteiger partial charge on any atom is -0.507 e. The van der Waals surface area contributed by atoms with Crippen LogP contribution in [0.1, 0.15) is 55.0 Å². The van der Waals surface area contributed by atoms with E-state index in [1.54, 1.807) is 36.4 Å². The molecule has 0 bridgehead atoms. The molecule has 0 radical (unpaired) electrons. The third kappa shape index (κ3) is 6.93. The zero-order valence-corrected chi connectivity index (χ0v) is 28.0. The molecule has 1 atom stereocenters. The number of carbonyl (C=O) groups is 2. The second-order valence-electron chi connectivity index (χ2n) is 11.0. The number of aryl methyl sites for hydroxylation is 1. The minimum absolute atomic E-state index is 0.0853. The molecular formula is C35H35N3O7S2. The molecule has 3 heterocycles. The summed E-state index contributed by atoms with van der Waals surface area (Å²) in [5.74, 6) is 0.670. The fraction of sp³-hybridized carbons (Fsp3) is 0.314. The van der Waals surface area contributed by atoms with Crippen molar-refractivity contribution in [2.45, 2.75) is 49.7 Å². The molecule has 1 N–H and O–H groups in total. The summed E-state index contributed by atoms with van der Waals surface area (Å²) in [6.45, 7) is 7.66. The maximum absolute atomic E-state index is 13.8. The number of carbonyl (C=O) groups excluding carboxylic acids is 2. The molecule has 244 valence electrons. The van der Waals surface area contributed by atoms with Crippen LogP contribution in [0.5, 0.6) is 23.0 Å². The van der Waals surface area contributed by atoms with Crippen molar-refractivity contribution in [1.82, 2.24) is 10.2 Å². The van der Waals surface area contributed by atoms with E-state index < -0.39 is 17.7 Å². The Kier molecular flexibility index (Phi) is 9.98. The molecule has 1 fully saturated rings. The summed E-state index contributed by atoms with van der Waals surface area (Å²) in [5.41, 5.74) is 3.07. The standard InChI is InChI=1S/C35H35N3O7S2/c1-4-6-15-43-25-13-11-23(18-27(25)42-5-2)30-29(31(39)24-12-14-26-28(19-24)45-17-16-44-26)32(40)33(41)38(30)34-36-37-35(47-34)46-20-22-9-7-21(3)8-10-22/h7-14,18-19,30,39H,4-6,15-17,20H2,1-3H3. The highest BCUT2D eigenvalue weighted by atomic mass is 32.2. The van der Waals surface area contributed by atoms with E-state index in [-0.39, 0.29) is 16.5 Å². The number of thioether (sulfide) groups is 1. The zero-order chi connectivity index (χ0) is 32.9. The highest BCUT2D eigenvalue weighted by molar-refractivity contribution is 8.00. The quantitative estimate of drug-likeness (QED) is 0.0416. The SMILES string of the molecule is CCCCOc1ccc(C2C(=C(O)c3ccc4c(c3)OCCO4)C(=O)C(=O)N2c2nnc(SCc3ccc(C)cc3)s2)cc1OCC. The van der Waals surface area contributed by atoms with Crippen molar-refractivity contribution in [2.75, 3.05) is 31.3 Å². The van der Waals surface area contributed by atoms with Crippen LogP contribution in [0.15, 0.2) is 70.6 Å². The zero-order valence-electron chi connectivity index (χ0n) is 26.4. The van der Waals surface area contributed by atoms with Crippen LogP contribution in [-0.2, 0) is 15.3 Å². The number of hydrogen-bond donors (Lipinski definition) is 1. The number of hydrogen-bond acceptors (Lipinski definition) is 11. The maximum atomic E-state index is 13.8. The number of unbranched alkanes of at least 4 members (excludes halogenated alkanes) is 1. The number of ketones is 1. The van der Waals surface area contributed by atoms with E-state index in [0.29, 0.717) is 70.6 Å². The van der Waals surface area contributed by atoms with Gasteiger partial charge < -0.3 is 24.1 Å². The van der Waals surface area contributed by atoms with Crippen LogP contribution in [0.2, 0.25) is 0 Å². The van der Waals surface area contributed by atoms with Crippen LogP contribution in [-0.4, -0.2) is 53.4 Å². The molecule has 4 aromatic rings. The van der Waals surface area contributed by atoms with Crippen molar-refractivity contribution >= 4 is 45.7 Å². The lowest BCUT2D eigenvalue weighted by molar-refractivity contribution is -0.132. The van der Waals surface area contributed by atoms with Gasteiger partial charge in [0, 0.05) is 11.3 Å². The van der Waals surface area contributed by atoms with Crippen LogP contribution < -0.4 is 23.8 Å². The van der Waals surface area contributed by atoms with Crippen molar-refractivity contribution in [3.05, 3.63) is 88.5 Å². The average molecular weight is 674 g/mol. The first-order chi connectivity index (χ1) is 22.9. The van der Waals surface area contributed by atoms with Gasteiger partial charge in [-0.2, -0.15) is 0 Å². The van der Waals surface area contributed by atoms with Gasteiger partial charge in [0.05, 0.1) is 24.8 Å². The third-order valence-corrected chi connectivity index (χ3v) is 9.81. The monoisotopic (exact) mass is 673 g/mol. The molecule has 12 heteroatoms. The van der Waals surface area contributed by atoms with Gasteiger partial charge in [0.25, 0.3) is 5.78 Å². The highest BCUT2D eigenvalue weighted by Crippen LogP contribution is 2.46. The first-order valence-corrected chi connectivity index (χ1v) is 17.3. The number of aromatic nitrogens is 2. The van der Waals surface area contributed by atoms with E-state index in [9.17, 15) is 14.7 Å². The number of amides is 1. The largest absolute Gasteiger partial charge is 0.507 e. The number of ether oxygens (including phenoxy) is 4. The molecule has 47 heavy (non-hydrogen) atoms. The fourth-order valence-corrected chi connectivity index (χ4v) is 7.11. The van der Waals surface area contributed by atoms with Crippen LogP contribution in [0, 0.1) is 6.92 Å². The van der Waals surface area contributed by atoms with Crippen LogP contribution in [0.25, 0.3) is 5.76 Å². The van der Waals surface area contributed by atoms with E-state index >= 15 is 0 Å². The Balaban J connectivity index is 1.41. The molecule has 1 saturated heterocycles. The molecule has 10 nitrogen and oxygen atoms in total. The summed E-state index contributed by atoms with van der Waals surface area (Å²) in [5, 5.41) is 20.6. The summed E-state index contributed by atoms with van der Waals surface area (Å²) in [7, 11) is 0. The van der Waals surface area contributed by atoms with Crippen molar-refractivity contribution in [3.63, 3.8) is 0 Å². The van der Waals surface area contributed by atoms with E-state index in [1.807, 2.05) is 13.8 Å². The molecule has 0 aliphatic carbocycles. The van der Waals surface area contributed by atoms with Crippen LogP contribution >= 0.6 is 23.1 Å². The average Bonchev–Trinajstić information content (AvgIpc) is 3.66. The maximum Gasteiger partial charge on any atom is 0.301 e. The highest BCUT2D eigenvalue weighted by Gasteiger charge is 2.48. The van der Waals surface area contributed by atoms with Crippen LogP contribution in [0.4, 0.5) is 5.13 Å². The van der Waals surface area contributed by atoms with E-state index in [4.69, 9.17) is 18.9 Å². The molecule has 0 spiro atoms. The summed E-state index contributed by atoms with van der Waals surface area (Å²) in [4.78, 5) is 28.9. The van der Waals surface area contributed by atoms with Gasteiger partial charge in [-0.1, -0.05) is 72.3 Å². The molecule has 0 saturated carbocycles. The Morgan fingerprint density at radius 3 is 2.53 bits per heavy atom. The first kappa shape index (κ1) is 32.4. The van der Waals surface area contributed by atoms with E-state index in [0.717, 1.165) is 18.4 Å². The summed E-state index contributed by atoms with van der Waals surface area (Å²) < 4.78 is 23.9. The number of benzene rings is 3. The van der Waals surface area contributed by atoms with Crippen molar-refractivity contribution in [1.29, 1.82) is 0 Å². The van der Waals surface area contributed by atoms with E-state index in [1.165, 1.54) is 33.6 Å². The Morgan fingerprint density at radius 2 is 1.77 bits per heavy atom. The van der Waals surface area contributed by atoms with Gasteiger partial charge in [-0.05, 0) is 61.7 Å². The molecule has 2 aliphatic heterocycles. The molecule has 6 rings (SSSR count). The second kappa shape index (κ2) is 14.5. The number of Topliss-reactive ketones (excluding diaryl/α,β-unsaturated/α-hetero) is 1. The van der Waals surface area contributed by atoms with Gasteiger partial charge in [-0.25, -0.2) is 0 Å². The summed E-state index contributed by atoms with van der Waals surface area (Å²) in [6.07, 6.45) is 1.86. The van der Waals surface area contributed by atoms with Gasteiger partial charge >= 0.3 is 5.91 Å². The van der Waals surface area contributed by atoms with Crippen molar-refractivity contribution in [2.24, 2.45) is 0 Å². The predicted molar refractivity (Wildman–Crippen MR) is 181 cm³/mol. The second-order valence-corrected chi connectivity index (χ2v) is 13.2. The number of anilines is 1. The summed E-state index contributed by atoms with van der Waals surface area (Å²) in [6, 6.07) is 17.4. The predicted octanol–water partition coefficient (Wildman–Crippen LogP) is 7.11. The summed E-state index contributed by atoms with van der Waals surface area (Å²) >= 11 is 2.71. The number of fused-ring (bicyclic) bond motifs is 1. The lowest BCUT2D eigenvalue weighted by atomic mass is 9.95. The normalized spacial score (nSPS) is 16.8. The molecule has 1 aromatic heterocycles. The first-order valence-electron chi connectivity index (χ1n) is 15.5. The number of rotatable bonds is 12. The number of aliphatic hydroxyl groups excluding tert-OH is 1.